The van der Waals surface area contributed by atoms with E-state index >= 15 is 0 Å². The zero-order valence-corrected chi connectivity index (χ0v) is 11.9. The Labute approximate surface area is 116 Å². The molecule has 2 nitrogen and oxygen atoms in total. The lowest BCUT2D eigenvalue weighted by Gasteiger charge is -2.01. The van der Waals surface area contributed by atoms with E-state index in [1.165, 1.54) is 11.8 Å². The quantitative estimate of drug-likeness (QED) is 0.670. The molecule has 2 aromatic rings. The maximum absolute atomic E-state index is 12.1. The zero-order valence-electron chi connectivity index (χ0n) is 10.3. The van der Waals surface area contributed by atoms with E-state index in [0.717, 1.165) is 21.8 Å². The molecule has 1 aromatic heterocycles. The minimum atomic E-state index is 0.141. The number of aromatic amines is 1. The van der Waals surface area contributed by atoms with Crippen molar-refractivity contribution in [3.63, 3.8) is 0 Å². The molecule has 0 aliphatic rings. The molecule has 0 spiro atoms. The molecule has 0 saturated heterocycles. The molecule has 0 amide bonds. The van der Waals surface area contributed by atoms with Crippen molar-refractivity contribution >= 4 is 29.1 Å². The van der Waals surface area contributed by atoms with Gasteiger partial charge in [0.2, 0.25) is 0 Å². The first kappa shape index (κ1) is 13.2. The van der Waals surface area contributed by atoms with Gasteiger partial charge in [0, 0.05) is 26.9 Å². The van der Waals surface area contributed by atoms with Gasteiger partial charge < -0.3 is 4.98 Å². The SMILES string of the molecule is Cc1cc(C(=O)CSc2cccc(Cl)c2)c(C)[nH]1. The Hall–Kier alpha value is -1.19. The van der Waals surface area contributed by atoms with E-state index in [0.29, 0.717) is 10.8 Å². The number of Topliss-reactive ketones (excluding diaryl/α,β-unsaturated/α-hetero) is 1. The minimum absolute atomic E-state index is 0.141. The highest BCUT2D eigenvalue weighted by atomic mass is 35.5. The molecule has 4 heteroatoms. The second kappa shape index (κ2) is 5.63. The summed E-state index contributed by atoms with van der Waals surface area (Å²) in [5, 5.41) is 0.695. The van der Waals surface area contributed by atoms with Gasteiger partial charge >= 0.3 is 0 Å². The number of H-pyrrole nitrogens is 1. The van der Waals surface area contributed by atoms with Crippen LogP contribution in [0.25, 0.3) is 0 Å². The highest BCUT2D eigenvalue weighted by Gasteiger charge is 2.11. The van der Waals surface area contributed by atoms with Crippen molar-refractivity contribution in [2.24, 2.45) is 0 Å². The summed E-state index contributed by atoms with van der Waals surface area (Å²) in [4.78, 5) is 16.2. The molecule has 0 fully saturated rings. The van der Waals surface area contributed by atoms with Crippen molar-refractivity contribution in [2.75, 3.05) is 5.75 Å². The number of carbonyl (C=O) groups excluding carboxylic acids is 1. The maximum atomic E-state index is 12.1. The van der Waals surface area contributed by atoms with Crippen molar-refractivity contribution in [1.82, 2.24) is 4.98 Å². The van der Waals surface area contributed by atoms with Gasteiger partial charge in [-0.2, -0.15) is 0 Å². The summed E-state index contributed by atoms with van der Waals surface area (Å²) in [6.07, 6.45) is 0. The molecule has 2 rings (SSSR count). The Kier molecular flexibility index (Phi) is 4.15. The third-order valence-electron chi connectivity index (χ3n) is 2.62. The first-order chi connectivity index (χ1) is 8.56. The van der Waals surface area contributed by atoms with E-state index in [1.807, 2.05) is 44.2 Å². The van der Waals surface area contributed by atoms with Gasteiger partial charge in [0.1, 0.15) is 0 Å². The molecule has 0 aliphatic carbocycles. The van der Waals surface area contributed by atoms with Gasteiger partial charge in [0.05, 0.1) is 5.75 Å². The highest BCUT2D eigenvalue weighted by molar-refractivity contribution is 8.00. The topological polar surface area (TPSA) is 32.9 Å². The average molecular weight is 280 g/mol. The zero-order chi connectivity index (χ0) is 13.1. The van der Waals surface area contributed by atoms with Crippen LogP contribution in [0.4, 0.5) is 0 Å². The van der Waals surface area contributed by atoms with E-state index in [9.17, 15) is 4.79 Å². The Balaban J connectivity index is 2.03. The lowest BCUT2D eigenvalue weighted by Crippen LogP contribution is -2.02. The number of hydrogen-bond acceptors (Lipinski definition) is 2. The van der Waals surface area contributed by atoms with Gasteiger partial charge in [0.15, 0.2) is 5.78 Å². The summed E-state index contributed by atoms with van der Waals surface area (Å²) in [5.74, 6) is 0.570. The standard InChI is InChI=1S/C14H14ClNOS/c1-9-6-13(10(2)16-9)14(17)8-18-12-5-3-4-11(15)7-12/h3-7,16H,8H2,1-2H3. The number of halogens is 1. The third kappa shape index (κ3) is 3.18. The highest BCUT2D eigenvalue weighted by Crippen LogP contribution is 2.23. The Bertz CT molecular complexity index is 577. The molecule has 1 heterocycles. The molecule has 0 radical (unpaired) electrons. The molecule has 0 atom stereocenters. The lowest BCUT2D eigenvalue weighted by molar-refractivity contribution is 0.102. The summed E-state index contributed by atoms with van der Waals surface area (Å²) < 4.78 is 0. The number of hydrogen-bond donors (Lipinski definition) is 1. The van der Waals surface area contributed by atoms with Crippen molar-refractivity contribution in [3.05, 3.63) is 52.3 Å². The largest absolute Gasteiger partial charge is 0.362 e. The summed E-state index contributed by atoms with van der Waals surface area (Å²) in [5.41, 5.74) is 2.73. The molecule has 0 bridgehead atoms. The summed E-state index contributed by atoms with van der Waals surface area (Å²) in [7, 11) is 0. The van der Waals surface area contributed by atoms with Crippen LogP contribution in [0.3, 0.4) is 0 Å². The van der Waals surface area contributed by atoms with Gasteiger partial charge in [-0.15, -0.1) is 11.8 Å². The predicted molar refractivity (Wildman–Crippen MR) is 76.8 cm³/mol. The number of nitrogens with one attached hydrogen (secondary N) is 1. The first-order valence-corrected chi connectivity index (χ1v) is 7.00. The Morgan fingerprint density at radius 3 is 2.72 bits per heavy atom. The van der Waals surface area contributed by atoms with Crippen LogP contribution in [-0.4, -0.2) is 16.5 Å². The van der Waals surface area contributed by atoms with E-state index in [1.54, 1.807) is 0 Å². The van der Waals surface area contributed by atoms with Crippen LogP contribution in [0.1, 0.15) is 21.7 Å². The van der Waals surface area contributed by atoms with E-state index in [2.05, 4.69) is 4.98 Å². The van der Waals surface area contributed by atoms with Gasteiger partial charge in [0.25, 0.3) is 0 Å². The van der Waals surface area contributed by atoms with Crippen LogP contribution in [-0.2, 0) is 0 Å². The number of carbonyl (C=O) groups is 1. The number of rotatable bonds is 4. The van der Waals surface area contributed by atoms with Crippen molar-refractivity contribution in [1.29, 1.82) is 0 Å². The minimum Gasteiger partial charge on any atom is -0.362 e. The number of aromatic nitrogens is 1. The molecule has 0 saturated carbocycles. The van der Waals surface area contributed by atoms with Crippen LogP contribution in [0, 0.1) is 13.8 Å². The second-order valence-electron chi connectivity index (χ2n) is 4.16. The van der Waals surface area contributed by atoms with Gasteiger partial charge in [-0.1, -0.05) is 17.7 Å². The Morgan fingerprint density at radius 1 is 1.33 bits per heavy atom. The average Bonchev–Trinajstić information content (AvgIpc) is 2.66. The van der Waals surface area contributed by atoms with E-state index < -0.39 is 0 Å². The fourth-order valence-corrected chi connectivity index (χ4v) is 2.89. The Morgan fingerprint density at radius 2 is 2.11 bits per heavy atom. The maximum Gasteiger partial charge on any atom is 0.174 e. The lowest BCUT2D eigenvalue weighted by atomic mass is 10.2. The molecular formula is C14H14ClNOS. The van der Waals surface area contributed by atoms with Crippen LogP contribution in [0.5, 0.6) is 0 Å². The fraction of sp³-hybridized carbons (Fsp3) is 0.214. The molecule has 0 aliphatic heterocycles. The van der Waals surface area contributed by atoms with Gasteiger partial charge in [-0.25, -0.2) is 0 Å². The molecule has 1 N–H and O–H groups in total. The second-order valence-corrected chi connectivity index (χ2v) is 5.65. The molecule has 0 unspecified atom stereocenters. The fourth-order valence-electron chi connectivity index (χ4n) is 1.80. The molecular weight excluding hydrogens is 266 g/mol. The third-order valence-corrected chi connectivity index (χ3v) is 3.84. The van der Waals surface area contributed by atoms with Crippen molar-refractivity contribution in [3.8, 4) is 0 Å². The molecule has 1 aromatic carbocycles. The smallest absolute Gasteiger partial charge is 0.174 e. The van der Waals surface area contributed by atoms with Gasteiger partial charge in [-0.3, -0.25) is 4.79 Å². The monoisotopic (exact) mass is 279 g/mol. The predicted octanol–water partition coefficient (Wildman–Crippen LogP) is 4.26. The summed E-state index contributed by atoms with van der Waals surface area (Å²) in [6.45, 7) is 3.87. The van der Waals surface area contributed by atoms with E-state index in [-0.39, 0.29) is 5.78 Å². The van der Waals surface area contributed by atoms with Crippen molar-refractivity contribution in [2.45, 2.75) is 18.7 Å². The van der Waals surface area contributed by atoms with Crippen LogP contribution in [0.15, 0.2) is 35.2 Å². The normalized spacial score (nSPS) is 10.6. The first-order valence-electron chi connectivity index (χ1n) is 5.64. The van der Waals surface area contributed by atoms with Crippen molar-refractivity contribution < 1.29 is 4.79 Å². The number of thioether (sulfide) groups is 1. The van der Waals surface area contributed by atoms with Crippen LogP contribution >= 0.6 is 23.4 Å². The number of aryl methyl sites for hydroxylation is 2. The van der Waals surface area contributed by atoms with Gasteiger partial charge in [-0.05, 0) is 38.1 Å². The molecule has 94 valence electrons. The van der Waals surface area contributed by atoms with Crippen LogP contribution < -0.4 is 0 Å². The van der Waals surface area contributed by atoms with E-state index in [4.69, 9.17) is 11.6 Å². The summed E-state index contributed by atoms with van der Waals surface area (Å²) >= 11 is 7.41. The molecule has 18 heavy (non-hydrogen) atoms. The number of ketones is 1. The van der Waals surface area contributed by atoms with Crippen LogP contribution in [0.2, 0.25) is 5.02 Å². The number of benzene rings is 1. The summed E-state index contributed by atoms with van der Waals surface area (Å²) in [6, 6.07) is 9.44.